The zero-order valence-electron chi connectivity index (χ0n) is 16.4. The first-order valence-electron chi connectivity index (χ1n) is 9.30. The number of ether oxygens (including phenoxy) is 1. The minimum atomic E-state index is -0.321. The van der Waals surface area contributed by atoms with Crippen LogP contribution in [0.15, 0.2) is 66.9 Å². The van der Waals surface area contributed by atoms with Crippen molar-refractivity contribution in [2.45, 2.75) is 13.3 Å². The number of methoxy groups -OCH3 is 1. The Balaban J connectivity index is 1.58. The molecular weight excluding hydrogens is 366 g/mol. The number of amides is 2. The van der Waals surface area contributed by atoms with Crippen molar-refractivity contribution < 1.29 is 14.3 Å². The fraction of sp³-hybridized carbons (Fsp3) is 0.174. The molecular formula is C23H23N3O3. The zero-order valence-corrected chi connectivity index (χ0v) is 16.4. The van der Waals surface area contributed by atoms with Crippen LogP contribution < -0.4 is 15.4 Å². The van der Waals surface area contributed by atoms with Crippen molar-refractivity contribution in [3.05, 3.63) is 89.2 Å². The number of pyridine rings is 1. The number of hydrogen-bond donors (Lipinski definition) is 2. The van der Waals surface area contributed by atoms with Crippen molar-refractivity contribution >= 4 is 17.5 Å². The van der Waals surface area contributed by atoms with Crippen LogP contribution in [0, 0.1) is 6.92 Å². The van der Waals surface area contributed by atoms with E-state index in [9.17, 15) is 9.59 Å². The average Bonchev–Trinajstić information content (AvgIpc) is 2.75. The minimum absolute atomic E-state index is 0.201. The van der Waals surface area contributed by atoms with Crippen LogP contribution in [0.25, 0.3) is 0 Å². The summed E-state index contributed by atoms with van der Waals surface area (Å²) in [5, 5.41) is 5.65. The van der Waals surface area contributed by atoms with E-state index in [4.69, 9.17) is 4.74 Å². The van der Waals surface area contributed by atoms with Crippen LogP contribution in [-0.2, 0) is 6.42 Å². The third-order valence-corrected chi connectivity index (χ3v) is 4.40. The summed E-state index contributed by atoms with van der Waals surface area (Å²) in [6.07, 6.45) is 2.12. The third kappa shape index (κ3) is 5.65. The molecule has 0 saturated heterocycles. The van der Waals surface area contributed by atoms with E-state index < -0.39 is 0 Å². The Bertz CT molecular complexity index is 1000. The molecule has 0 aliphatic rings. The molecule has 0 bridgehead atoms. The second kappa shape index (κ2) is 9.50. The molecule has 0 atom stereocenters. The molecule has 0 fully saturated rings. The number of nitrogens with one attached hydrogen (secondary N) is 2. The first-order valence-corrected chi connectivity index (χ1v) is 9.30. The van der Waals surface area contributed by atoms with Gasteiger partial charge in [0.2, 0.25) is 0 Å². The normalized spacial score (nSPS) is 10.3. The van der Waals surface area contributed by atoms with Crippen molar-refractivity contribution in [1.82, 2.24) is 10.3 Å². The summed E-state index contributed by atoms with van der Waals surface area (Å²) in [6.45, 7) is 2.43. The van der Waals surface area contributed by atoms with Crippen molar-refractivity contribution in [2.75, 3.05) is 19.0 Å². The van der Waals surface area contributed by atoms with E-state index in [1.165, 1.54) is 12.3 Å². The first-order chi connectivity index (χ1) is 14.0. The molecule has 6 nitrogen and oxygen atoms in total. The summed E-state index contributed by atoms with van der Waals surface area (Å²) in [6, 6.07) is 18.3. The van der Waals surface area contributed by atoms with E-state index in [1.54, 1.807) is 13.2 Å². The van der Waals surface area contributed by atoms with Crippen molar-refractivity contribution in [2.24, 2.45) is 0 Å². The van der Waals surface area contributed by atoms with Gasteiger partial charge in [-0.25, -0.2) is 0 Å². The molecule has 6 heteroatoms. The molecule has 0 aliphatic carbocycles. The average molecular weight is 389 g/mol. The number of carbonyl (C=O) groups is 2. The molecule has 0 aliphatic heterocycles. The van der Waals surface area contributed by atoms with Gasteiger partial charge < -0.3 is 15.4 Å². The topological polar surface area (TPSA) is 80.3 Å². The molecule has 0 spiro atoms. The highest BCUT2D eigenvalue weighted by atomic mass is 16.5. The Hall–Kier alpha value is -3.67. The van der Waals surface area contributed by atoms with Crippen LogP contribution in [0.1, 0.15) is 32.0 Å². The Kier molecular flexibility index (Phi) is 6.58. The number of hydrogen-bond acceptors (Lipinski definition) is 4. The van der Waals surface area contributed by atoms with E-state index in [2.05, 4.69) is 15.6 Å². The molecule has 0 saturated carbocycles. The maximum Gasteiger partial charge on any atom is 0.269 e. The fourth-order valence-corrected chi connectivity index (χ4v) is 2.78. The van der Waals surface area contributed by atoms with Gasteiger partial charge in [0, 0.05) is 24.0 Å². The second-order valence-corrected chi connectivity index (χ2v) is 6.61. The van der Waals surface area contributed by atoms with Gasteiger partial charge in [-0.3, -0.25) is 14.6 Å². The summed E-state index contributed by atoms with van der Waals surface area (Å²) in [4.78, 5) is 28.9. The van der Waals surface area contributed by atoms with Crippen LogP contribution in [-0.4, -0.2) is 30.5 Å². The Morgan fingerprint density at radius 2 is 1.79 bits per heavy atom. The van der Waals surface area contributed by atoms with E-state index in [0.29, 0.717) is 24.2 Å². The van der Waals surface area contributed by atoms with Gasteiger partial charge in [-0.1, -0.05) is 29.8 Å². The smallest absolute Gasteiger partial charge is 0.269 e. The molecule has 2 amide bonds. The van der Waals surface area contributed by atoms with Gasteiger partial charge in [0.1, 0.15) is 11.4 Å². The van der Waals surface area contributed by atoms with Crippen molar-refractivity contribution in [1.29, 1.82) is 0 Å². The predicted molar refractivity (Wildman–Crippen MR) is 112 cm³/mol. The highest BCUT2D eigenvalue weighted by Gasteiger charge is 2.12. The number of aromatic nitrogens is 1. The lowest BCUT2D eigenvalue weighted by molar-refractivity contribution is 0.0949. The molecule has 2 N–H and O–H groups in total. The maximum absolute atomic E-state index is 12.5. The number of benzene rings is 2. The van der Waals surface area contributed by atoms with Crippen molar-refractivity contribution in [3.63, 3.8) is 0 Å². The molecule has 0 unspecified atom stereocenters. The predicted octanol–water partition coefficient (Wildman–Crippen LogP) is 3.62. The second-order valence-electron chi connectivity index (χ2n) is 6.61. The Morgan fingerprint density at radius 1 is 1.00 bits per heavy atom. The molecule has 148 valence electrons. The van der Waals surface area contributed by atoms with Gasteiger partial charge >= 0.3 is 0 Å². The van der Waals surface area contributed by atoms with Crippen LogP contribution in [0.4, 0.5) is 5.69 Å². The summed E-state index contributed by atoms with van der Waals surface area (Å²) in [7, 11) is 1.62. The Morgan fingerprint density at radius 3 is 2.55 bits per heavy atom. The summed E-state index contributed by atoms with van der Waals surface area (Å²) >= 11 is 0. The molecule has 29 heavy (non-hydrogen) atoms. The van der Waals surface area contributed by atoms with Gasteiger partial charge in [0.05, 0.1) is 7.11 Å². The molecule has 1 aromatic heterocycles. The van der Waals surface area contributed by atoms with Gasteiger partial charge in [0.25, 0.3) is 11.8 Å². The van der Waals surface area contributed by atoms with Gasteiger partial charge in [-0.05, 0) is 55.3 Å². The van der Waals surface area contributed by atoms with E-state index >= 15 is 0 Å². The highest BCUT2D eigenvalue weighted by Crippen LogP contribution is 2.13. The number of carbonyl (C=O) groups excluding carboxylic acids is 2. The molecule has 3 rings (SSSR count). The quantitative estimate of drug-likeness (QED) is 0.647. The molecule has 1 heterocycles. The lowest BCUT2D eigenvalue weighted by Crippen LogP contribution is -2.27. The van der Waals surface area contributed by atoms with E-state index in [-0.39, 0.29) is 17.5 Å². The van der Waals surface area contributed by atoms with Crippen LogP contribution in [0.2, 0.25) is 0 Å². The summed E-state index contributed by atoms with van der Waals surface area (Å²) in [5.74, 6) is 0.169. The zero-order chi connectivity index (χ0) is 20.6. The number of nitrogens with zero attached hydrogens (tertiary/aromatic N) is 1. The lowest BCUT2D eigenvalue weighted by atomic mass is 10.1. The summed E-state index contributed by atoms with van der Waals surface area (Å²) in [5.41, 5.74) is 3.44. The molecule has 0 radical (unpaired) electrons. The monoisotopic (exact) mass is 389 g/mol. The summed E-state index contributed by atoms with van der Waals surface area (Å²) < 4.78 is 5.20. The third-order valence-electron chi connectivity index (χ3n) is 4.40. The van der Waals surface area contributed by atoms with E-state index in [0.717, 1.165) is 16.9 Å². The lowest BCUT2D eigenvalue weighted by Gasteiger charge is -2.08. The first kappa shape index (κ1) is 20.1. The van der Waals surface area contributed by atoms with Crippen molar-refractivity contribution in [3.8, 4) is 5.75 Å². The molecule has 2 aromatic carbocycles. The van der Waals surface area contributed by atoms with Gasteiger partial charge in [-0.15, -0.1) is 0 Å². The molecule has 3 aromatic rings. The number of aryl methyl sites for hydroxylation is 1. The van der Waals surface area contributed by atoms with Crippen LogP contribution >= 0.6 is 0 Å². The standard InChI is InChI=1S/C23H23N3O3/c1-16-6-8-19(9-7-16)26-22(27)18-11-13-24-21(15-18)23(28)25-12-10-17-4-3-5-20(14-17)29-2/h3-9,11,13-15H,10,12H2,1-2H3,(H,25,28)(H,26,27). The SMILES string of the molecule is COc1cccc(CCNC(=O)c2cc(C(=O)Nc3ccc(C)cc3)ccn2)c1. The number of rotatable bonds is 7. The highest BCUT2D eigenvalue weighted by molar-refractivity contribution is 6.05. The van der Waals surface area contributed by atoms with E-state index in [1.807, 2.05) is 55.5 Å². The Labute approximate surface area is 169 Å². The maximum atomic E-state index is 12.5. The number of anilines is 1. The fourth-order valence-electron chi connectivity index (χ4n) is 2.78. The van der Waals surface area contributed by atoms with Gasteiger partial charge in [-0.2, -0.15) is 0 Å². The minimum Gasteiger partial charge on any atom is -0.497 e. The van der Waals surface area contributed by atoms with Crippen LogP contribution in [0.5, 0.6) is 5.75 Å². The van der Waals surface area contributed by atoms with Crippen LogP contribution in [0.3, 0.4) is 0 Å². The largest absolute Gasteiger partial charge is 0.497 e. The van der Waals surface area contributed by atoms with Gasteiger partial charge in [0.15, 0.2) is 0 Å².